The van der Waals surface area contributed by atoms with Crippen molar-refractivity contribution in [2.24, 2.45) is 0 Å². The molecule has 5 nitrogen and oxygen atoms in total. The molecule has 1 aromatic heterocycles. The summed E-state index contributed by atoms with van der Waals surface area (Å²) in [7, 11) is 1.63. The van der Waals surface area contributed by atoms with Crippen molar-refractivity contribution in [3.8, 4) is 17.1 Å². The first-order valence-corrected chi connectivity index (χ1v) is 8.12. The van der Waals surface area contributed by atoms with Crippen molar-refractivity contribution >= 4 is 17.5 Å². The van der Waals surface area contributed by atoms with Gasteiger partial charge in [0.2, 0.25) is 5.16 Å². The molecule has 0 atom stereocenters. The molecule has 7 heteroatoms. The second kappa shape index (κ2) is 6.01. The van der Waals surface area contributed by atoms with Crippen LogP contribution >= 0.6 is 11.8 Å². The van der Waals surface area contributed by atoms with Crippen molar-refractivity contribution in [3.05, 3.63) is 65.3 Å². The topological polar surface area (TPSA) is 52.0 Å². The molecule has 0 amide bonds. The summed E-state index contributed by atoms with van der Waals surface area (Å²) in [5, 5.41) is 11.1. The Morgan fingerprint density at radius 3 is 2.42 bits per heavy atom. The molecule has 0 aliphatic carbocycles. The molecule has 0 saturated carbocycles. The number of methoxy groups -OCH3 is 1. The molecule has 0 spiro atoms. The van der Waals surface area contributed by atoms with E-state index in [9.17, 15) is 4.39 Å². The molecule has 24 heavy (non-hydrogen) atoms. The molecule has 1 N–H and O–H groups in total. The van der Waals surface area contributed by atoms with Crippen LogP contribution in [0.2, 0.25) is 0 Å². The number of ether oxygens (including phenoxy) is 1. The monoisotopic (exact) mass is 340 g/mol. The highest BCUT2D eigenvalue weighted by Crippen LogP contribution is 2.31. The Labute approximate surface area is 142 Å². The third-order valence-electron chi connectivity index (χ3n) is 3.65. The largest absolute Gasteiger partial charge is 0.497 e. The standard InChI is InChI=1S/C17H13FN4OS/c1-23-14-8-4-12(5-9-14)16-19-20-17-22(16)21-15(10-24-17)11-2-6-13(18)7-3-11/h2-10,21H,1H3. The van der Waals surface area contributed by atoms with Crippen LogP contribution in [0.25, 0.3) is 17.1 Å². The van der Waals surface area contributed by atoms with E-state index in [1.54, 1.807) is 19.2 Å². The molecule has 2 heterocycles. The zero-order valence-electron chi connectivity index (χ0n) is 12.7. The van der Waals surface area contributed by atoms with Gasteiger partial charge < -0.3 is 4.74 Å². The van der Waals surface area contributed by atoms with E-state index >= 15 is 0 Å². The van der Waals surface area contributed by atoms with Gasteiger partial charge in [0.05, 0.1) is 12.8 Å². The van der Waals surface area contributed by atoms with Gasteiger partial charge in [-0.3, -0.25) is 5.43 Å². The van der Waals surface area contributed by atoms with Gasteiger partial charge in [0.25, 0.3) is 0 Å². The van der Waals surface area contributed by atoms with E-state index in [2.05, 4.69) is 15.6 Å². The number of nitrogens with one attached hydrogen (secondary N) is 1. The Balaban J connectivity index is 1.67. The van der Waals surface area contributed by atoms with Crippen LogP contribution in [0.15, 0.2) is 59.1 Å². The Hall–Kier alpha value is -2.80. The number of aromatic nitrogens is 3. The Morgan fingerprint density at radius 1 is 1.00 bits per heavy atom. The predicted molar refractivity (Wildman–Crippen MR) is 91.6 cm³/mol. The number of rotatable bonds is 3. The molecule has 0 bridgehead atoms. The summed E-state index contributed by atoms with van der Waals surface area (Å²) in [6.07, 6.45) is 0. The molecule has 1 aliphatic heterocycles. The zero-order valence-corrected chi connectivity index (χ0v) is 13.5. The lowest BCUT2D eigenvalue weighted by molar-refractivity contribution is 0.415. The molecule has 2 aromatic carbocycles. The third-order valence-corrected chi connectivity index (χ3v) is 4.48. The molecular weight excluding hydrogens is 327 g/mol. The second-order valence-corrected chi connectivity index (χ2v) is 5.97. The first-order chi connectivity index (χ1) is 11.7. The number of nitrogens with zero attached hydrogens (tertiary/aromatic N) is 3. The Kier molecular flexibility index (Phi) is 3.70. The average molecular weight is 340 g/mol. The van der Waals surface area contributed by atoms with Gasteiger partial charge in [-0.25, -0.2) is 9.07 Å². The molecular formula is C17H13FN4OS. The second-order valence-electron chi connectivity index (χ2n) is 5.14. The van der Waals surface area contributed by atoms with Crippen molar-refractivity contribution in [2.75, 3.05) is 12.5 Å². The van der Waals surface area contributed by atoms with Gasteiger partial charge in [-0.15, -0.1) is 10.2 Å². The summed E-state index contributed by atoms with van der Waals surface area (Å²) in [5.41, 5.74) is 5.96. The maximum absolute atomic E-state index is 13.1. The quantitative estimate of drug-likeness (QED) is 0.787. The lowest BCUT2D eigenvalue weighted by Gasteiger charge is -2.19. The fourth-order valence-corrected chi connectivity index (χ4v) is 3.13. The summed E-state index contributed by atoms with van der Waals surface area (Å²) < 4.78 is 20.1. The van der Waals surface area contributed by atoms with Crippen LogP contribution in [0.1, 0.15) is 5.56 Å². The fourth-order valence-electron chi connectivity index (χ4n) is 2.39. The maximum Gasteiger partial charge on any atom is 0.214 e. The van der Waals surface area contributed by atoms with E-state index in [-0.39, 0.29) is 5.82 Å². The first-order valence-electron chi connectivity index (χ1n) is 7.24. The van der Waals surface area contributed by atoms with Gasteiger partial charge in [-0.05, 0) is 48.5 Å². The number of thioether (sulfide) groups is 1. The number of benzene rings is 2. The first kappa shape index (κ1) is 14.8. The van der Waals surface area contributed by atoms with Crippen molar-refractivity contribution in [1.29, 1.82) is 0 Å². The van der Waals surface area contributed by atoms with Crippen LogP contribution in [-0.2, 0) is 0 Å². The van der Waals surface area contributed by atoms with E-state index in [0.717, 1.165) is 27.7 Å². The highest BCUT2D eigenvalue weighted by Gasteiger charge is 2.19. The summed E-state index contributed by atoms with van der Waals surface area (Å²) >= 11 is 1.47. The Bertz CT molecular complexity index is 903. The number of hydrogen-bond acceptors (Lipinski definition) is 5. The summed E-state index contributed by atoms with van der Waals surface area (Å²) in [6, 6.07) is 14.0. The van der Waals surface area contributed by atoms with Crippen molar-refractivity contribution in [3.63, 3.8) is 0 Å². The molecule has 3 aromatic rings. The van der Waals surface area contributed by atoms with Crippen LogP contribution in [0.4, 0.5) is 4.39 Å². The van der Waals surface area contributed by atoms with Crippen molar-refractivity contribution in [1.82, 2.24) is 14.9 Å². The normalized spacial score (nSPS) is 13.0. The third kappa shape index (κ3) is 2.63. The molecule has 120 valence electrons. The van der Waals surface area contributed by atoms with E-state index in [0.29, 0.717) is 5.82 Å². The molecule has 1 aliphatic rings. The van der Waals surface area contributed by atoms with Crippen LogP contribution < -0.4 is 10.2 Å². The molecule has 0 saturated heterocycles. The lowest BCUT2D eigenvalue weighted by Crippen LogP contribution is -2.18. The van der Waals surface area contributed by atoms with Gasteiger partial charge >= 0.3 is 0 Å². The van der Waals surface area contributed by atoms with E-state index in [4.69, 9.17) is 4.74 Å². The average Bonchev–Trinajstić information content (AvgIpc) is 3.05. The van der Waals surface area contributed by atoms with Gasteiger partial charge in [0.15, 0.2) is 5.82 Å². The van der Waals surface area contributed by atoms with Crippen molar-refractivity contribution < 1.29 is 9.13 Å². The number of fused-ring (bicyclic) bond motifs is 1. The van der Waals surface area contributed by atoms with E-state index in [1.165, 1.54) is 23.9 Å². The fraction of sp³-hybridized carbons (Fsp3) is 0.0588. The minimum absolute atomic E-state index is 0.258. The summed E-state index contributed by atoms with van der Waals surface area (Å²) in [5.74, 6) is 1.23. The highest BCUT2D eigenvalue weighted by molar-refractivity contribution is 8.02. The maximum atomic E-state index is 13.1. The molecule has 0 radical (unpaired) electrons. The molecule has 4 rings (SSSR count). The van der Waals surface area contributed by atoms with Crippen molar-refractivity contribution in [2.45, 2.75) is 5.16 Å². The predicted octanol–water partition coefficient (Wildman–Crippen LogP) is 3.74. The summed E-state index contributed by atoms with van der Waals surface area (Å²) in [4.78, 5) is 0. The number of halogens is 1. The summed E-state index contributed by atoms with van der Waals surface area (Å²) in [6.45, 7) is 0. The van der Waals surface area contributed by atoms with Crippen LogP contribution in [0, 0.1) is 5.82 Å². The van der Waals surface area contributed by atoms with E-state index < -0.39 is 0 Å². The smallest absolute Gasteiger partial charge is 0.214 e. The molecule has 0 unspecified atom stereocenters. The highest BCUT2D eigenvalue weighted by atomic mass is 32.2. The van der Waals surface area contributed by atoms with Gasteiger partial charge in [0.1, 0.15) is 11.6 Å². The lowest BCUT2D eigenvalue weighted by atomic mass is 10.2. The van der Waals surface area contributed by atoms with Crippen LogP contribution in [-0.4, -0.2) is 22.0 Å². The zero-order chi connectivity index (χ0) is 16.5. The minimum atomic E-state index is -0.258. The molecule has 0 fully saturated rings. The minimum Gasteiger partial charge on any atom is -0.497 e. The number of hydrogen-bond donors (Lipinski definition) is 1. The van der Waals surface area contributed by atoms with Gasteiger partial charge in [-0.2, -0.15) is 0 Å². The van der Waals surface area contributed by atoms with Gasteiger partial charge in [0, 0.05) is 16.5 Å². The van der Waals surface area contributed by atoms with Gasteiger partial charge in [-0.1, -0.05) is 11.8 Å². The van der Waals surface area contributed by atoms with Crippen LogP contribution in [0.3, 0.4) is 0 Å². The van der Waals surface area contributed by atoms with E-state index in [1.807, 2.05) is 34.3 Å². The Morgan fingerprint density at radius 2 is 1.71 bits per heavy atom. The SMILES string of the molecule is COc1ccc(-c2nnc3n2NC(c2ccc(F)cc2)=CS3)cc1. The van der Waals surface area contributed by atoms with Crippen LogP contribution in [0.5, 0.6) is 5.75 Å².